The van der Waals surface area contributed by atoms with E-state index < -0.39 is 0 Å². The van der Waals surface area contributed by atoms with Gasteiger partial charge in [0, 0.05) is 31.9 Å². The number of hydrogen-bond acceptors (Lipinski definition) is 4. The second kappa shape index (κ2) is 9.50. The van der Waals surface area contributed by atoms with Crippen LogP contribution >= 0.6 is 23.2 Å². The minimum absolute atomic E-state index is 0.495. The van der Waals surface area contributed by atoms with Crippen LogP contribution in [0.15, 0.2) is 42.5 Å². The molecule has 0 bridgehead atoms. The summed E-state index contributed by atoms with van der Waals surface area (Å²) < 4.78 is 11.2. The lowest BCUT2D eigenvalue weighted by atomic mass is 10.3. The molecule has 124 valence electrons. The van der Waals surface area contributed by atoms with E-state index in [-0.39, 0.29) is 0 Å². The van der Waals surface area contributed by atoms with Crippen molar-refractivity contribution < 1.29 is 9.47 Å². The largest absolute Gasteiger partial charge is 0.492 e. The average Bonchev–Trinajstić information content (AvgIpc) is 2.57. The monoisotopic (exact) mass is 354 g/mol. The van der Waals surface area contributed by atoms with Crippen LogP contribution in [0.3, 0.4) is 0 Å². The van der Waals surface area contributed by atoms with Crippen molar-refractivity contribution in [2.75, 3.05) is 38.7 Å². The maximum atomic E-state index is 5.92. The van der Waals surface area contributed by atoms with Gasteiger partial charge in [0.25, 0.3) is 0 Å². The van der Waals surface area contributed by atoms with Crippen molar-refractivity contribution in [1.82, 2.24) is 5.32 Å². The minimum Gasteiger partial charge on any atom is -0.492 e. The molecule has 0 aromatic heterocycles. The van der Waals surface area contributed by atoms with Crippen molar-refractivity contribution in [3.05, 3.63) is 52.5 Å². The van der Waals surface area contributed by atoms with Crippen LogP contribution in [0.4, 0.5) is 5.69 Å². The first-order chi connectivity index (χ1) is 11.2. The van der Waals surface area contributed by atoms with Gasteiger partial charge in [-0.3, -0.25) is 0 Å². The Bertz CT molecular complexity index is 606. The van der Waals surface area contributed by atoms with E-state index in [9.17, 15) is 0 Å². The van der Waals surface area contributed by atoms with Gasteiger partial charge in [-0.1, -0.05) is 23.2 Å². The molecule has 0 amide bonds. The van der Waals surface area contributed by atoms with Gasteiger partial charge in [0.2, 0.25) is 0 Å². The van der Waals surface area contributed by atoms with Crippen molar-refractivity contribution in [3.63, 3.8) is 0 Å². The summed E-state index contributed by atoms with van der Waals surface area (Å²) in [6.45, 7) is 2.63. The zero-order chi connectivity index (χ0) is 16.5. The van der Waals surface area contributed by atoms with Crippen LogP contribution in [0.5, 0.6) is 11.5 Å². The molecule has 0 heterocycles. The fourth-order valence-corrected chi connectivity index (χ4v) is 2.18. The summed E-state index contributed by atoms with van der Waals surface area (Å²) in [4.78, 5) is 0. The van der Waals surface area contributed by atoms with Crippen molar-refractivity contribution in [2.24, 2.45) is 0 Å². The Kier molecular flexibility index (Phi) is 7.33. The third-order valence-corrected chi connectivity index (χ3v) is 3.87. The maximum Gasteiger partial charge on any atom is 0.120 e. The van der Waals surface area contributed by atoms with Gasteiger partial charge in [0.05, 0.1) is 10.0 Å². The van der Waals surface area contributed by atoms with Crippen molar-refractivity contribution >= 4 is 28.9 Å². The van der Waals surface area contributed by atoms with Crippen LogP contribution in [0, 0.1) is 0 Å². The highest BCUT2D eigenvalue weighted by molar-refractivity contribution is 6.42. The molecule has 2 aromatic rings. The molecule has 0 aliphatic carbocycles. The fourth-order valence-electron chi connectivity index (χ4n) is 1.89. The molecule has 0 saturated carbocycles. The molecular weight excluding hydrogens is 335 g/mol. The lowest BCUT2D eigenvalue weighted by Crippen LogP contribution is -2.25. The Morgan fingerprint density at radius 2 is 1.43 bits per heavy atom. The highest BCUT2D eigenvalue weighted by atomic mass is 35.5. The summed E-state index contributed by atoms with van der Waals surface area (Å²) in [5.74, 6) is 1.57. The molecule has 0 unspecified atom stereocenters. The SMILES string of the molecule is CNc1ccc(OCCNCCOc2ccc(Cl)c(Cl)c2)cc1. The van der Waals surface area contributed by atoms with Gasteiger partial charge in [-0.15, -0.1) is 0 Å². The van der Waals surface area contributed by atoms with E-state index in [0.29, 0.717) is 29.0 Å². The van der Waals surface area contributed by atoms with Gasteiger partial charge in [0.15, 0.2) is 0 Å². The summed E-state index contributed by atoms with van der Waals surface area (Å²) >= 11 is 11.8. The second-order valence-electron chi connectivity index (χ2n) is 4.80. The molecule has 0 radical (unpaired) electrons. The summed E-state index contributed by atoms with van der Waals surface area (Å²) in [6.07, 6.45) is 0. The molecule has 2 rings (SSSR count). The first-order valence-corrected chi connectivity index (χ1v) is 8.14. The Hall–Kier alpha value is -1.62. The van der Waals surface area contributed by atoms with Gasteiger partial charge < -0.3 is 20.1 Å². The van der Waals surface area contributed by atoms with E-state index in [1.54, 1.807) is 18.2 Å². The highest BCUT2D eigenvalue weighted by Gasteiger charge is 2.00. The molecule has 6 heteroatoms. The van der Waals surface area contributed by atoms with E-state index in [4.69, 9.17) is 32.7 Å². The van der Waals surface area contributed by atoms with E-state index in [1.165, 1.54) is 0 Å². The third kappa shape index (κ3) is 6.18. The first-order valence-electron chi connectivity index (χ1n) is 7.38. The molecule has 0 spiro atoms. The average molecular weight is 355 g/mol. The predicted octanol–water partition coefficient (Wildman–Crippen LogP) is 4.08. The van der Waals surface area contributed by atoms with E-state index >= 15 is 0 Å². The van der Waals surface area contributed by atoms with Gasteiger partial charge >= 0.3 is 0 Å². The number of benzene rings is 2. The van der Waals surface area contributed by atoms with Crippen LogP contribution in [0.25, 0.3) is 0 Å². The molecular formula is C17H20Cl2N2O2. The number of anilines is 1. The predicted molar refractivity (Wildman–Crippen MR) is 96.3 cm³/mol. The molecule has 2 aromatic carbocycles. The first kappa shape index (κ1) is 17.7. The molecule has 4 nitrogen and oxygen atoms in total. The number of hydrogen-bond donors (Lipinski definition) is 2. The van der Waals surface area contributed by atoms with Gasteiger partial charge in [0.1, 0.15) is 24.7 Å². The summed E-state index contributed by atoms with van der Waals surface area (Å²) in [6, 6.07) is 13.1. The second-order valence-corrected chi connectivity index (χ2v) is 5.61. The zero-order valence-corrected chi connectivity index (χ0v) is 14.5. The van der Waals surface area contributed by atoms with E-state index in [2.05, 4.69) is 10.6 Å². The molecule has 0 fully saturated rings. The number of nitrogens with one attached hydrogen (secondary N) is 2. The molecule has 0 atom stereocenters. The van der Waals surface area contributed by atoms with Crippen LogP contribution in [0.2, 0.25) is 10.0 Å². The van der Waals surface area contributed by atoms with Crippen LogP contribution in [-0.2, 0) is 0 Å². The molecule has 0 aliphatic heterocycles. The van der Waals surface area contributed by atoms with Crippen LogP contribution in [0.1, 0.15) is 0 Å². The van der Waals surface area contributed by atoms with Crippen LogP contribution in [-0.4, -0.2) is 33.4 Å². The summed E-state index contributed by atoms with van der Waals surface area (Å²) in [7, 11) is 1.89. The van der Waals surface area contributed by atoms with Crippen molar-refractivity contribution in [2.45, 2.75) is 0 Å². The highest BCUT2D eigenvalue weighted by Crippen LogP contribution is 2.26. The smallest absolute Gasteiger partial charge is 0.120 e. The quantitative estimate of drug-likeness (QED) is 0.665. The van der Waals surface area contributed by atoms with Crippen molar-refractivity contribution in [3.8, 4) is 11.5 Å². The summed E-state index contributed by atoms with van der Waals surface area (Å²) in [5.41, 5.74) is 1.06. The maximum absolute atomic E-state index is 5.92. The lowest BCUT2D eigenvalue weighted by molar-refractivity contribution is 0.289. The topological polar surface area (TPSA) is 42.5 Å². The zero-order valence-electron chi connectivity index (χ0n) is 12.9. The van der Waals surface area contributed by atoms with Crippen LogP contribution < -0.4 is 20.1 Å². The van der Waals surface area contributed by atoms with E-state index in [1.807, 2.05) is 31.3 Å². The molecule has 0 aliphatic rings. The van der Waals surface area contributed by atoms with Gasteiger partial charge in [-0.2, -0.15) is 0 Å². The Morgan fingerprint density at radius 3 is 2.04 bits per heavy atom. The Labute approximate surface area is 146 Å². The number of rotatable bonds is 9. The van der Waals surface area contributed by atoms with E-state index in [0.717, 1.165) is 24.5 Å². The minimum atomic E-state index is 0.495. The Balaban J connectivity index is 1.56. The van der Waals surface area contributed by atoms with Gasteiger partial charge in [-0.25, -0.2) is 0 Å². The molecule has 0 saturated heterocycles. The number of halogens is 2. The van der Waals surface area contributed by atoms with Crippen molar-refractivity contribution in [1.29, 1.82) is 0 Å². The fraction of sp³-hybridized carbons (Fsp3) is 0.294. The Morgan fingerprint density at radius 1 is 0.826 bits per heavy atom. The third-order valence-electron chi connectivity index (χ3n) is 3.13. The normalized spacial score (nSPS) is 10.4. The molecule has 23 heavy (non-hydrogen) atoms. The number of ether oxygens (including phenoxy) is 2. The summed E-state index contributed by atoms with van der Waals surface area (Å²) in [5, 5.41) is 7.34. The lowest BCUT2D eigenvalue weighted by Gasteiger charge is -2.10. The van der Waals surface area contributed by atoms with Gasteiger partial charge in [-0.05, 0) is 36.4 Å². The molecule has 2 N–H and O–H groups in total. The standard InChI is InChI=1S/C17H20Cl2N2O2/c1-20-13-2-4-14(5-3-13)22-10-8-21-9-11-23-15-6-7-16(18)17(19)12-15/h2-7,12,20-21H,8-11H2,1H3.